The SMILES string of the molecule is C.CCC[C@@H](CC(=O)[C@@H]1C[C@]2(CC(c3cccc(Cl)c3)=NO2)CN1C(=O)[C@H](Cc1csc2ccccc12)NC(=O)CC1CCCCC1)C(O)C(=O)CC1CC1.CCC[C@@H](CC(=O)[C@@H]1C[C@]2(CC(c3cccc(Cl)c3)=NO2)CN1C(=O)[C@H](Cc1csc2ccccc12)NC(=O)CC1CCCCC1)C(O)C(=O)CC1CC1. The number of likely N-dealkylation sites (tertiary alicyclic amines) is 2. The van der Waals surface area contributed by atoms with Crippen molar-refractivity contribution in [1.29, 1.82) is 0 Å². The predicted octanol–water partition coefficient (Wildman–Crippen LogP) is 16.3. The lowest BCUT2D eigenvalue weighted by Gasteiger charge is -2.30. The highest BCUT2D eigenvalue weighted by Crippen LogP contribution is 2.45. The first-order chi connectivity index (χ1) is 52.2. The summed E-state index contributed by atoms with van der Waals surface area (Å²) in [6, 6.07) is 27.2. The van der Waals surface area contributed by atoms with Gasteiger partial charge in [-0.1, -0.05) is 167 Å². The van der Waals surface area contributed by atoms with E-state index < -0.39 is 59.4 Å². The van der Waals surface area contributed by atoms with Crippen molar-refractivity contribution in [2.45, 2.75) is 261 Å². The third kappa shape index (κ3) is 20.6. The van der Waals surface area contributed by atoms with Gasteiger partial charge in [0, 0.05) is 108 Å². The lowest BCUT2D eigenvalue weighted by molar-refractivity contribution is -0.142. The van der Waals surface area contributed by atoms with Crippen LogP contribution in [0.2, 0.25) is 10.0 Å². The van der Waals surface area contributed by atoms with E-state index in [0.29, 0.717) is 109 Å². The molecular weight excluding hydrogens is 1460 g/mol. The molecule has 0 radical (unpaired) electrons. The van der Waals surface area contributed by atoms with Crippen LogP contribution in [0.3, 0.4) is 0 Å². The maximum absolute atomic E-state index is 15.0. The number of nitrogens with one attached hydrogen (secondary N) is 2. The second-order valence-electron chi connectivity index (χ2n) is 32.5. The number of benzene rings is 4. The molecule has 584 valence electrons. The van der Waals surface area contributed by atoms with Crippen molar-refractivity contribution in [1.82, 2.24) is 20.4 Å². The average molecular weight is 1560 g/mol. The number of ketones is 4. The Balaban J connectivity index is 0.000000201. The highest BCUT2D eigenvalue weighted by molar-refractivity contribution is 7.17. The van der Waals surface area contributed by atoms with Crippen molar-refractivity contribution in [3.05, 3.63) is 140 Å². The Morgan fingerprint density at radius 1 is 0.523 bits per heavy atom. The number of Topliss-reactive ketones (excluding diaryl/α,β-unsaturated/α-hetero) is 4. The topological polar surface area (TPSA) is 251 Å². The van der Waals surface area contributed by atoms with E-state index in [1.165, 1.54) is 12.8 Å². The maximum atomic E-state index is 15.0. The van der Waals surface area contributed by atoms with Gasteiger partial charge in [-0.15, -0.1) is 22.7 Å². The van der Waals surface area contributed by atoms with E-state index in [-0.39, 0.29) is 106 Å². The second kappa shape index (κ2) is 37.0. The maximum Gasteiger partial charge on any atom is 0.246 e. The number of aliphatic hydroxyl groups excluding tert-OH is 2. The third-order valence-corrected chi connectivity index (χ3v) is 26.4. The molecule has 14 rings (SSSR count). The first kappa shape index (κ1) is 81.3. The zero-order valence-electron chi connectivity index (χ0n) is 62.3. The summed E-state index contributed by atoms with van der Waals surface area (Å²) in [5, 5.41) is 44.9. The smallest absolute Gasteiger partial charge is 0.246 e. The molecule has 4 aromatic carbocycles. The molecule has 6 fully saturated rings. The molecule has 6 aromatic rings. The number of rotatable bonds is 32. The Hall–Kier alpha value is -7.20. The van der Waals surface area contributed by atoms with Crippen LogP contribution in [0.1, 0.15) is 223 Å². The average Bonchev–Trinajstić information content (AvgIpc) is 1.61. The second-order valence-corrected chi connectivity index (χ2v) is 35.2. The molecule has 2 unspecified atom stereocenters. The van der Waals surface area contributed by atoms with Gasteiger partial charge >= 0.3 is 0 Å². The molecule has 0 bridgehead atoms. The Morgan fingerprint density at radius 3 is 1.28 bits per heavy atom. The van der Waals surface area contributed by atoms with Gasteiger partial charge in [-0.2, -0.15) is 0 Å². The highest BCUT2D eigenvalue weighted by atomic mass is 35.5. The first-order valence-electron chi connectivity index (χ1n) is 39.8. The van der Waals surface area contributed by atoms with Gasteiger partial charge in [0.2, 0.25) is 23.6 Å². The van der Waals surface area contributed by atoms with Crippen LogP contribution in [0.25, 0.3) is 20.2 Å². The molecule has 4 saturated carbocycles. The minimum absolute atomic E-state index is 0. The number of fused-ring (bicyclic) bond motifs is 2. The molecule has 18 nitrogen and oxygen atoms in total. The Bertz CT molecular complexity index is 4040. The van der Waals surface area contributed by atoms with Crippen LogP contribution in [0, 0.1) is 35.5 Å². The van der Waals surface area contributed by atoms with Crippen molar-refractivity contribution in [2.24, 2.45) is 45.8 Å². The fraction of sp³-hybridized carbons (Fsp3) is 0.563. The fourth-order valence-electron chi connectivity index (χ4n) is 17.7. The number of amides is 4. The quantitative estimate of drug-likeness (QED) is 0.0308. The largest absolute Gasteiger partial charge is 0.387 e. The molecule has 4 amide bonds. The van der Waals surface area contributed by atoms with Gasteiger partial charge in [0.05, 0.1) is 36.6 Å². The summed E-state index contributed by atoms with van der Waals surface area (Å²) in [5.41, 5.74) is 3.00. The van der Waals surface area contributed by atoms with Crippen LogP contribution in [0.4, 0.5) is 0 Å². The van der Waals surface area contributed by atoms with Gasteiger partial charge in [0.25, 0.3) is 0 Å². The summed E-state index contributed by atoms with van der Waals surface area (Å²) in [5.74, 6) is -1.69. The third-order valence-electron chi connectivity index (χ3n) is 23.9. The summed E-state index contributed by atoms with van der Waals surface area (Å²) < 4.78 is 2.20. The van der Waals surface area contributed by atoms with E-state index >= 15 is 9.59 Å². The van der Waals surface area contributed by atoms with Gasteiger partial charge in [-0.25, -0.2) is 0 Å². The minimum Gasteiger partial charge on any atom is -0.387 e. The minimum atomic E-state index is -1.23. The Morgan fingerprint density at radius 2 is 0.908 bits per heavy atom. The van der Waals surface area contributed by atoms with Gasteiger partial charge in [0.1, 0.15) is 24.3 Å². The van der Waals surface area contributed by atoms with E-state index in [1.54, 1.807) is 44.6 Å². The van der Waals surface area contributed by atoms with E-state index in [1.807, 2.05) is 110 Å². The zero-order valence-corrected chi connectivity index (χ0v) is 65.4. The number of hydrogen-bond donors (Lipinski definition) is 4. The monoisotopic (exact) mass is 1560 g/mol. The lowest BCUT2D eigenvalue weighted by atomic mass is 9.85. The molecule has 2 aromatic heterocycles. The molecule has 6 heterocycles. The number of aliphatic hydroxyl groups is 2. The van der Waals surface area contributed by atoms with Crippen molar-refractivity contribution < 1.29 is 58.2 Å². The first-order valence-corrected chi connectivity index (χ1v) is 42.3. The number of halogens is 2. The molecule has 10 atom stereocenters. The standard InChI is InChI=1S/2C43H52ClN3O6S.CH4/c2*1-2-9-30(41(51)38(49)18-28-16-17-28)22-37(48)36-24-43(23-35(46-53-43)29-12-8-13-32(44)20-29)26-47(36)42(52)34(45-40(50)19-27-10-4-3-5-11-27)21-31-25-54-39-15-7-6-14-33(31)39;/h2*6-8,12-15,20,25,27-28,30,34,36,41,51H,2-5,9-11,16-19,21-24,26H2,1H3,(H,45,50);1H4/t2*30-,34-,36-,41?,43+;/m00./s1. The number of thiophene rings is 2. The molecule has 22 heteroatoms. The van der Waals surface area contributed by atoms with E-state index in [0.717, 1.165) is 119 Å². The van der Waals surface area contributed by atoms with Crippen molar-refractivity contribution in [3.63, 3.8) is 0 Å². The zero-order chi connectivity index (χ0) is 75.6. The number of oxime groups is 2. The molecule has 2 saturated heterocycles. The number of hydrogen-bond acceptors (Lipinski definition) is 16. The van der Waals surface area contributed by atoms with Crippen LogP contribution < -0.4 is 10.6 Å². The normalized spacial score (nSPS) is 23.0. The molecule has 109 heavy (non-hydrogen) atoms. The number of carbonyl (C=O) groups excluding carboxylic acids is 8. The summed E-state index contributed by atoms with van der Waals surface area (Å²) >= 11 is 15.8. The highest BCUT2D eigenvalue weighted by Gasteiger charge is 2.57. The van der Waals surface area contributed by atoms with Gasteiger partial charge in [-0.05, 0) is 169 Å². The van der Waals surface area contributed by atoms with Gasteiger partial charge in [0.15, 0.2) is 34.3 Å². The summed E-state index contributed by atoms with van der Waals surface area (Å²) in [4.78, 5) is 128. The molecule has 4 N–H and O–H groups in total. The molecular formula is C87H108Cl2N6O12S2. The molecule has 2 spiro atoms. The van der Waals surface area contributed by atoms with Gasteiger partial charge in [-0.3, -0.25) is 38.4 Å². The summed E-state index contributed by atoms with van der Waals surface area (Å²) in [7, 11) is 0. The van der Waals surface area contributed by atoms with E-state index in [9.17, 15) is 39.0 Å². The lowest BCUT2D eigenvalue weighted by Crippen LogP contribution is -2.53. The van der Waals surface area contributed by atoms with E-state index in [2.05, 4.69) is 20.9 Å². The Kier molecular flexibility index (Phi) is 27.6. The summed E-state index contributed by atoms with van der Waals surface area (Å²) in [6.07, 6.45) is 17.9. The Labute approximate surface area is 659 Å². The van der Waals surface area contributed by atoms with Crippen LogP contribution in [0.15, 0.2) is 118 Å². The summed E-state index contributed by atoms with van der Waals surface area (Å²) in [6.45, 7) is 4.17. The molecule has 4 aliphatic heterocycles. The van der Waals surface area contributed by atoms with Gasteiger partial charge < -0.3 is 40.3 Å². The van der Waals surface area contributed by atoms with Crippen LogP contribution in [-0.4, -0.2) is 139 Å². The van der Waals surface area contributed by atoms with E-state index in [4.69, 9.17) is 32.9 Å². The van der Waals surface area contributed by atoms with Crippen molar-refractivity contribution in [2.75, 3.05) is 13.1 Å². The number of nitrogens with zero attached hydrogens (tertiary/aromatic N) is 4. The van der Waals surface area contributed by atoms with Crippen LogP contribution in [0.5, 0.6) is 0 Å². The van der Waals surface area contributed by atoms with Crippen molar-refractivity contribution >= 4 is 124 Å². The predicted molar refractivity (Wildman–Crippen MR) is 430 cm³/mol. The molecule has 8 aliphatic rings. The number of carbonyl (C=O) groups is 8. The van der Waals surface area contributed by atoms with Crippen LogP contribution >= 0.6 is 45.9 Å². The molecule has 4 aliphatic carbocycles. The fourth-order valence-corrected chi connectivity index (χ4v) is 20.0. The van der Waals surface area contributed by atoms with Crippen LogP contribution in [-0.2, 0) is 60.9 Å². The van der Waals surface area contributed by atoms with Crippen molar-refractivity contribution in [3.8, 4) is 0 Å².